The lowest BCUT2D eigenvalue weighted by Crippen LogP contribution is -2.33. The van der Waals surface area contributed by atoms with Gasteiger partial charge in [-0.3, -0.25) is 0 Å². The maximum atomic E-state index is 9.98. The van der Waals surface area contributed by atoms with Crippen molar-refractivity contribution in [2.75, 3.05) is 0 Å². The largest absolute Gasteiger partial charge is 0.383 e. The molecular weight excluding hydrogens is 184 g/mol. The van der Waals surface area contributed by atoms with Crippen LogP contribution in [0.5, 0.6) is 0 Å². The van der Waals surface area contributed by atoms with Crippen LogP contribution in [0.2, 0.25) is 0 Å². The summed E-state index contributed by atoms with van der Waals surface area (Å²) in [6.07, 6.45) is 2.80. The van der Waals surface area contributed by atoms with Crippen molar-refractivity contribution < 1.29 is 5.11 Å². The molecule has 1 N–H and O–H groups in total. The van der Waals surface area contributed by atoms with E-state index in [9.17, 15) is 5.11 Å². The predicted octanol–water partition coefficient (Wildman–Crippen LogP) is 2.03. The molecular formula is C9H14N2OS. The maximum Gasteiger partial charge on any atom is 0.149 e. The smallest absolute Gasteiger partial charge is 0.149 e. The van der Waals surface area contributed by atoms with Gasteiger partial charge in [0.15, 0.2) is 0 Å². The first kappa shape index (κ1) is 9.09. The van der Waals surface area contributed by atoms with Gasteiger partial charge >= 0.3 is 0 Å². The Morgan fingerprint density at radius 3 is 2.46 bits per heavy atom. The Kier molecular flexibility index (Phi) is 2.12. The average molecular weight is 198 g/mol. The third-order valence-corrected chi connectivity index (χ3v) is 3.93. The minimum Gasteiger partial charge on any atom is -0.383 e. The van der Waals surface area contributed by atoms with Crippen LogP contribution in [0.3, 0.4) is 0 Å². The van der Waals surface area contributed by atoms with E-state index in [0.29, 0.717) is 5.92 Å². The zero-order chi connectivity index (χ0) is 9.47. The van der Waals surface area contributed by atoms with Crippen molar-refractivity contribution in [3.05, 3.63) is 10.0 Å². The molecule has 0 unspecified atom stereocenters. The van der Waals surface area contributed by atoms with Crippen LogP contribution in [-0.4, -0.2) is 15.3 Å². The van der Waals surface area contributed by atoms with E-state index in [4.69, 9.17) is 0 Å². The predicted molar refractivity (Wildman–Crippen MR) is 51.7 cm³/mol. The van der Waals surface area contributed by atoms with Gasteiger partial charge in [-0.2, -0.15) is 0 Å². The number of aromatic nitrogens is 2. The second-order valence-electron chi connectivity index (χ2n) is 3.99. The fourth-order valence-corrected chi connectivity index (χ4v) is 2.37. The molecule has 1 heterocycles. The summed E-state index contributed by atoms with van der Waals surface area (Å²) in [5.41, 5.74) is -0.634. The van der Waals surface area contributed by atoms with Crippen molar-refractivity contribution in [1.82, 2.24) is 10.2 Å². The van der Waals surface area contributed by atoms with Gasteiger partial charge in [-0.05, 0) is 19.3 Å². The van der Waals surface area contributed by atoms with E-state index < -0.39 is 5.60 Å². The van der Waals surface area contributed by atoms with Crippen LogP contribution in [-0.2, 0) is 5.60 Å². The number of hydrogen-bond donors (Lipinski definition) is 1. The van der Waals surface area contributed by atoms with Crippen molar-refractivity contribution >= 4 is 11.3 Å². The van der Waals surface area contributed by atoms with Gasteiger partial charge < -0.3 is 5.11 Å². The summed E-state index contributed by atoms with van der Waals surface area (Å²) in [7, 11) is 0. The first-order chi connectivity index (χ1) is 6.12. The highest BCUT2D eigenvalue weighted by atomic mass is 32.1. The molecule has 72 valence electrons. The molecule has 2 rings (SSSR count). The number of rotatable bonds is 2. The molecule has 4 heteroatoms. The van der Waals surface area contributed by atoms with Gasteiger partial charge in [0, 0.05) is 5.92 Å². The highest BCUT2D eigenvalue weighted by Gasteiger charge is 2.39. The average Bonchev–Trinajstić information content (AvgIpc) is 2.48. The Morgan fingerprint density at radius 1 is 1.38 bits per heavy atom. The summed E-state index contributed by atoms with van der Waals surface area (Å²) < 4.78 is 0. The lowest BCUT2D eigenvalue weighted by atomic mass is 9.81. The summed E-state index contributed by atoms with van der Waals surface area (Å²) in [4.78, 5) is 0. The third-order valence-electron chi connectivity index (χ3n) is 2.51. The van der Waals surface area contributed by atoms with Crippen LogP contribution in [0.1, 0.15) is 49.0 Å². The van der Waals surface area contributed by atoms with Gasteiger partial charge in [-0.25, -0.2) is 0 Å². The van der Waals surface area contributed by atoms with Gasteiger partial charge in [-0.1, -0.05) is 25.2 Å². The Hall–Kier alpha value is -0.480. The zero-order valence-corrected chi connectivity index (χ0v) is 8.77. The monoisotopic (exact) mass is 198 g/mol. The first-order valence-corrected chi connectivity index (χ1v) is 5.50. The molecule has 0 saturated heterocycles. The molecule has 1 aromatic heterocycles. The molecule has 0 radical (unpaired) electrons. The number of aliphatic hydroxyl groups is 1. The highest BCUT2D eigenvalue weighted by molar-refractivity contribution is 7.11. The fourth-order valence-electron chi connectivity index (χ4n) is 1.38. The minimum atomic E-state index is -0.634. The standard InChI is InChI=1S/C9H14N2OS/c1-6(2)7-10-11-8(13-7)9(12)4-3-5-9/h6,12H,3-5H2,1-2H3. The zero-order valence-electron chi connectivity index (χ0n) is 7.95. The van der Waals surface area contributed by atoms with Crippen LogP contribution in [0.15, 0.2) is 0 Å². The van der Waals surface area contributed by atoms with Crippen molar-refractivity contribution in [2.45, 2.75) is 44.6 Å². The number of hydrogen-bond acceptors (Lipinski definition) is 4. The Balaban J connectivity index is 2.22. The van der Waals surface area contributed by atoms with Crippen LogP contribution in [0.25, 0.3) is 0 Å². The normalized spacial score (nSPS) is 20.3. The van der Waals surface area contributed by atoms with E-state index >= 15 is 0 Å². The molecule has 0 spiro atoms. The Labute approximate surface area is 81.8 Å². The van der Waals surface area contributed by atoms with Crippen molar-refractivity contribution in [3.8, 4) is 0 Å². The van der Waals surface area contributed by atoms with E-state index in [1.807, 2.05) is 0 Å². The van der Waals surface area contributed by atoms with Gasteiger partial charge in [0.25, 0.3) is 0 Å². The molecule has 1 aromatic rings. The second-order valence-corrected chi connectivity index (χ2v) is 4.99. The summed E-state index contributed by atoms with van der Waals surface area (Å²) >= 11 is 1.55. The molecule has 0 bridgehead atoms. The summed E-state index contributed by atoms with van der Waals surface area (Å²) in [6, 6.07) is 0. The molecule has 0 aliphatic heterocycles. The second kappa shape index (κ2) is 3.03. The van der Waals surface area contributed by atoms with Crippen molar-refractivity contribution in [3.63, 3.8) is 0 Å². The molecule has 1 aliphatic carbocycles. The van der Waals surface area contributed by atoms with Gasteiger partial charge in [0.05, 0.1) is 0 Å². The van der Waals surface area contributed by atoms with E-state index in [0.717, 1.165) is 29.3 Å². The highest BCUT2D eigenvalue weighted by Crippen LogP contribution is 2.42. The third kappa shape index (κ3) is 1.48. The molecule has 1 aliphatic rings. The van der Waals surface area contributed by atoms with Crippen LogP contribution < -0.4 is 0 Å². The Morgan fingerprint density at radius 2 is 2.08 bits per heavy atom. The molecule has 0 atom stereocenters. The molecule has 13 heavy (non-hydrogen) atoms. The lowest BCUT2D eigenvalue weighted by Gasteiger charge is -2.33. The molecule has 1 fully saturated rings. The molecule has 3 nitrogen and oxygen atoms in total. The maximum absolute atomic E-state index is 9.98. The van der Waals surface area contributed by atoms with E-state index in [-0.39, 0.29) is 0 Å². The minimum absolute atomic E-state index is 0.412. The summed E-state index contributed by atoms with van der Waals surface area (Å²) in [6.45, 7) is 4.18. The van der Waals surface area contributed by atoms with E-state index in [2.05, 4.69) is 24.0 Å². The van der Waals surface area contributed by atoms with Gasteiger partial charge in [0.1, 0.15) is 15.6 Å². The fraction of sp³-hybridized carbons (Fsp3) is 0.778. The SMILES string of the molecule is CC(C)c1nnc(C2(O)CCC2)s1. The van der Waals surface area contributed by atoms with Crippen LogP contribution in [0.4, 0.5) is 0 Å². The topological polar surface area (TPSA) is 46.0 Å². The quantitative estimate of drug-likeness (QED) is 0.791. The van der Waals surface area contributed by atoms with Crippen LogP contribution >= 0.6 is 11.3 Å². The molecule has 0 aromatic carbocycles. The summed E-state index contributed by atoms with van der Waals surface area (Å²) in [5, 5.41) is 19.9. The van der Waals surface area contributed by atoms with Crippen molar-refractivity contribution in [2.24, 2.45) is 0 Å². The van der Waals surface area contributed by atoms with Gasteiger partial charge in [-0.15, -0.1) is 10.2 Å². The van der Waals surface area contributed by atoms with Crippen LogP contribution in [0, 0.1) is 0 Å². The summed E-state index contributed by atoms with van der Waals surface area (Å²) in [5.74, 6) is 0.412. The molecule has 0 amide bonds. The Bertz CT molecular complexity index is 304. The van der Waals surface area contributed by atoms with Gasteiger partial charge in [0.2, 0.25) is 0 Å². The lowest BCUT2D eigenvalue weighted by molar-refractivity contribution is -0.0394. The number of nitrogens with zero attached hydrogens (tertiary/aromatic N) is 2. The van der Waals surface area contributed by atoms with E-state index in [1.54, 1.807) is 11.3 Å². The first-order valence-electron chi connectivity index (χ1n) is 4.68. The van der Waals surface area contributed by atoms with Crippen molar-refractivity contribution in [1.29, 1.82) is 0 Å². The molecule has 1 saturated carbocycles. The van der Waals surface area contributed by atoms with E-state index in [1.165, 1.54) is 0 Å².